The second-order valence-electron chi connectivity index (χ2n) is 7.22. The molecule has 1 amide bonds. The summed E-state index contributed by atoms with van der Waals surface area (Å²) in [7, 11) is 0. The van der Waals surface area contributed by atoms with Crippen molar-refractivity contribution in [3.05, 3.63) is 71.6 Å². The lowest BCUT2D eigenvalue weighted by molar-refractivity contribution is -0.113. The average molecular weight is 495 g/mol. The lowest BCUT2D eigenvalue weighted by Gasteiger charge is -2.14. The number of nitrogens with zero attached hydrogens (tertiary/aromatic N) is 3. The smallest absolute Gasteiger partial charge is 0.234 e. The van der Waals surface area contributed by atoms with E-state index in [0.717, 1.165) is 16.3 Å². The normalized spacial score (nSPS) is 10.8. The molecular weight excluding hydrogens is 468 g/mol. The molecule has 7 nitrogen and oxygen atoms in total. The number of amides is 1. The molecule has 176 valence electrons. The first-order chi connectivity index (χ1) is 16.7. The molecule has 4 aromatic rings. The largest absolute Gasteiger partial charge is 0.494 e. The van der Waals surface area contributed by atoms with Crippen molar-refractivity contribution < 1.29 is 14.3 Å². The van der Waals surface area contributed by atoms with E-state index in [2.05, 4.69) is 32.2 Å². The molecule has 0 aliphatic carbocycles. The number of thiophene rings is 1. The predicted molar refractivity (Wildman–Crippen MR) is 137 cm³/mol. The number of carbonyl (C=O) groups is 1. The first-order valence-electron chi connectivity index (χ1n) is 11.0. The summed E-state index contributed by atoms with van der Waals surface area (Å²) in [4.78, 5) is 13.9. The highest BCUT2D eigenvalue weighted by atomic mass is 32.2. The number of hydrogen-bond donors (Lipinski definition) is 1. The molecule has 9 heteroatoms. The molecule has 0 bridgehead atoms. The van der Waals surface area contributed by atoms with Crippen LogP contribution in [0.3, 0.4) is 0 Å². The van der Waals surface area contributed by atoms with Crippen molar-refractivity contribution in [2.45, 2.75) is 25.5 Å². The second kappa shape index (κ2) is 11.7. The van der Waals surface area contributed by atoms with E-state index in [0.29, 0.717) is 42.1 Å². The molecule has 34 heavy (non-hydrogen) atoms. The minimum atomic E-state index is -0.161. The van der Waals surface area contributed by atoms with E-state index in [9.17, 15) is 4.79 Å². The Kier molecular flexibility index (Phi) is 8.21. The molecule has 2 heterocycles. The number of ether oxygens (including phenoxy) is 2. The maximum atomic E-state index is 12.8. The van der Waals surface area contributed by atoms with E-state index in [-0.39, 0.29) is 11.7 Å². The molecule has 0 fully saturated rings. The SMILES string of the molecule is CCOc1ccc(OCC)c(NC(=O)CSc2nnc(-c3cccs3)n2Cc2ccccc2)c1. The Balaban J connectivity index is 1.50. The molecule has 2 aromatic heterocycles. The van der Waals surface area contributed by atoms with Crippen LogP contribution in [0, 0.1) is 0 Å². The van der Waals surface area contributed by atoms with Gasteiger partial charge in [-0.3, -0.25) is 9.36 Å². The number of anilines is 1. The molecular formula is C25H26N4O3S2. The Morgan fingerprint density at radius 2 is 1.85 bits per heavy atom. The molecule has 0 unspecified atom stereocenters. The van der Waals surface area contributed by atoms with Crippen molar-refractivity contribution in [1.82, 2.24) is 14.8 Å². The van der Waals surface area contributed by atoms with E-state index in [1.165, 1.54) is 11.8 Å². The molecule has 0 saturated heterocycles. The van der Waals surface area contributed by atoms with Gasteiger partial charge >= 0.3 is 0 Å². The standard InChI is InChI=1S/C25H26N4O3S2/c1-3-31-19-12-13-21(32-4-2)20(15-19)26-23(30)17-34-25-28-27-24(22-11-8-14-33-22)29(25)16-18-9-6-5-7-10-18/h5-15H,3-4,16-17H2,1-2H3,(H,26,30). The second-order valence-corrected chi connectivity index (χ2v) is 9.11. The van der Waals surface area contributed by atoms with E-state index >= 15 is 0 Å². The van der Waals surface area contributed by atoms with E-state index in [1.807, 2.05) is 55.6 Å². The van der Waals surface area contributed by atoms with Gasteiger partial charge in [-0.15, -0.1) is 21.5 Å². The number of rotatable bonds is 11. The molecule has 4 rings (SSSR count). The lowest BCUT2D eigenvalue weighted by Crippen LogP contribution is -2.16. The van der Waals surface area contributed by atoms with E-state index in [1.54, 1.807) is 23.5 Å². The van der Waals surface area contributed by atoms with Crippen molar-refractivity contribution in [1.29, 1.82) is 0 Å². The van der Waals surface area contributed by atoms with Crippen LogP contribution in [0.25, 0.3) is 10.7 Å². The molecule has 2 aromatic carbocycles. The zero-order valence-corrected chi connectivity index (χ0v) is 20.7. The summed E-state index contributed by atoms with van der Waals surface area (Å²) in [6.07, 6.45) is 0. The van der Waals surface area contributed by atoms with Gasteiger partial charge in [-0.2, -0.15) is 0 Å². The third-order valence-corrected chi connectivity index (χ3v) is 6.64. The van der Waals surface area contributed by atoms with Gasteiger partial charge in [0.05, 0.1) is 36.1 Å². The van der Waals surface area contributed by atoms with Crippen LogP contribution in [0.5, 0.6) is 11.5 Å². The Morgan fingerprint density at radius 3 is 2.59 bits per heavy atom. The molecule has 0 saturated carbocycles. The molecule has 0 spiro atoms. The third-order valence-electron chi connectivity index (χ3n) is 4.81. The monoisotopic (exact) mass is 494 g/mol. The molecule has 1 N–H and O–H groups in total. The zero-order valence-electron chi connectivity index (χ0n) is 19.1. The predicted octanol–water partition coefficient (Wildman–Crippen LogP) is 5.58. The van der Waals surface area contributed by atoms with Gasteiger partial charge in [0.25, 0.3) is 0 Å². The molecule has 0 aliphatic rings. The van der Waals surface area contributed by atoms with E-state index in [4.69, 9.17) is 9.47 Å². The number of benzene rings is 2. The maximum Gasteiger partial charge on any atom is 0.234 e. The highest BCUT2D eigenvalue weighted by molar-refractivity contribution is 7.99. The maximum absolute atomic E-state index is 12.8. The Labute approximate surface area is 207 Å². The highest BCUT2D eigenvalue weighted by Gasteiger charge is 2.17. The first-order valence-corrected chi connectivity index (χ1v) is 12.9. The van der Waals surface area contributed by atoms with Gasteiger partial charge in [0, 0.05) is 6.07 Å². The van der Waals surface area contributed by atoms with Crippen molar-refractivity contribution >= 4 is 34.7 Å². The zero-order chi connectivity index (χ0) is 23.8. The van der Waals surface area contributed by atoms with Gasteiger partial charge in [0.1, 0.15) is 11.5 Å². The summed E-state index contributed by atoms with van der Waals surface area (Å²) in [6.45, 7) is 5.49. The van der Waals surface area contributed by atoms with Crippen LogP contribution < -0.4 is 14.8 Å². The van der Waals surface area contributed by atoms with E-state index < -0.39 is 0 Å². The summed E-state index contributed by atoms with van der Waals surface area (Å²) < 4.78 is 13.3. The minimum absolute atomic E-state index is 0.161. The van der Waals surface area contributed by atoms with Gasteiger partial charge in [0.15, 0.2) is 11.0 Å². The highest BCUT2D eigenvalue weighted by Crippen LogP contribution is 2.31. The van der Waals surface area contributed by atoms with Crippen molar-refractivity contribution in [2.24, 2.45) is 0 Å². The fraction of sp³-hybridized carbons (Fsp3) is 0.240. The Morgan fingerprint density at radius 1 is 1.03 bits per heavy atom. The van der Waals surface area contributed by atoms with Gasteiger partial charge in [0.2, 0.25) is 5.91 Å². The van der Waals surface area contributed by atoms with Crippen LogP contribution in [0.4, 0.5) is 5.69 Å². The topological polar surface area (TPSA) is 78.3 Å². The number of nitrogens with one attached hydrogen (secondary N) is 1. The quantitative estimate of drug-likeness (QED) is 0.274. The average Bonchev–Trinajstić information content (AvgIpc) is 3.50. The third kappa shape index (κ3) is 5.98. The van der Waals surface area contributed by atoms with Crippen LogP contribution in [-0.2, 0) is 11.3 Å². The first kappa shape index (κ1) is 23.8. The number of thioether (sulfide) groups is 1. The van der Waals surface area contributed by atoms with Gasteiger partial charge in [-0.25, -0.2) is 0 Å². The number of carbonyl (C=O) groups excluding carboxylic acids is 1. The molecule has 0 aliphatic heterocycles. The molecule has 0 radical (unpaired) electrons. The number of hydrogen-bond acceptors (Lipinski definition) is 7. The van der Waals surface area contributed by atoms with Crippen LogP contribution in [0.1, 0.15) is 19.4 Å². The fourth-order valence-electron chi connectivity index (χ4n) is 3.35. The lowest BCUT2D eigenvalue weighted by atomic mass is 10.2. The van der Waals surface area contributed by atoms with Crippen LogP contribution in [0.15, 0.2) is 71.2 Å². The van der Waals surface area contributed by atoms with Gasteiger partial charge < -0.3 is 14.8 Å². The summed E-state index contributed by atoms with van der Waals surface area (Å²) in [6, 6.07) is 19.6. The fourth-order valence-corrected chi connectivity index (χ4v) is 4.81. The van der Waals surface area contributed by atoms with Crippen LogP contribution in [0.2, 0.25) is 0 Å². The summed E-state index contributed by atoms with van der Waals surface area (Å²) in [5, 5.41) is 14.5. The summed E-state index contributed by atoms with van der Waals surface area (Å²) >= 11 is 2.97. The van der Waals surface area contributed by atoms with Crippen LogP contribution >= 0.6 is 23.1 Å². The number of aromatic nitrogens is 3. The summed E-state index contributed by atoms with van der Waals surface area (Å²) in [5.41, 5.74) is 1.73. The Hall–Kier alpha value is -3.30. The summed E-state index contributed by atoms with van der Waals surface area (Å²) in [5.74, 6) is 2.10. The van der Waals surface area contributed by atoms with Gasteiger partial charge in [-0.1, -0.05) is 48.2 Å². The van der Waals surface area contributed by atoms with Crippen LogP contribution in [-0.4, -0.2) is 39.6 Å². The molecule has 0 atom stereocenters. The van der Waals surface area contributed by atoms with Crippen molar-refractivity contribution in [3.8, 4) is 22.2 Å². The Bertz CT molecular complexity index is 1210. The van der Waals surface area contributed by atoms with Crippen molar-refractivity contribution in [3.63, 3.8) is 0 Å². The van der Waals surface area contributed by atoms with Crippen molar-refractivity contribution in [2.75, 3.05) is 24.3 Å². The van der Waals surface area contributed by atoms with Gasteiger partial charge in [-0.05, 0) is 43.0 Å². The minimum Gasteiger partial charge on any atom is -0.494 e.